The van der Waals surface area contributed by atoms with Crippen LogP contribution in [0.25, 0.3) is 0 Å². The first-order valence-corrected chi connectivity index (χ1v) is 5.70. The molecule has 0 saturated heterocycles. The van der Waals surface area contributed by atoms with Gasteiger partial charge in [0.2, 0.25) is 0 Å². The fourth-order valence-electron chi connectivity index (χ4n) is 1.62. The van der Waals surface area contributed by atoms with Crippen LogP contribution in [0.5, 0.6) is 5.75 Å². The highest BCUT2D eigenvalue weighted by Crippen LogP contribution is 2.19. The molecule has 6 heteroatoms. The summed E-state index contributed by atoms with van der Waals surface area (Å²) in [5.41, 5.74) is 0.363. The van der Waals surface area contributed by atoms with Gasteiger partial charge in [-0.05, 0) is 38.2 Å². The number of benzene rings is 1. The SMILES string of the molecule is COc1ccc(C(=O)C(C)N(C)CC(F)(F)F)cc1. The highest BCUT2D eigenvalue weighted by atomic mass is 19.4. The van der Waals surface area contributed by atoms with Gasteiger partial charge in [-0.3, -0.25) is 9.69 Å². The molecule has 19 heavy (non-hydrogen) atoms. The van der Waals surface area contributed by atoms with Crippen LogP contribution in [-0.4, -0.2) is 43.6 Å². The number of ketones is 1. The maximum Gasteiger partial charge on any atom is 0.401 e. The van der Waals surface area contributed by atoms with Crippen LogP contribution in [0.4, 0.5) is 13.2 Å². The van der Waals surface area contributed by atoms with Gasteiger partial charge in [0.25, 0.3) is 0 Å². The quantitative estimate of drug-likeness (QED) is 0.774. The average Bonchev–Trinajstić information content (AvgIpc) is 2.35. The zero-order valence-corrected chi connectivity index (χ0v) is 11.0. The summed E-state index contributed by atoms with van der Waals surface area (Å²) < 4.78 is 41.7. The number of halogens is 3. The van der Waals surface area contributed by atoms with Crippen LogP contribution in [-0.2, 0) is 0 Å². The predicted octanol–water partition coefficient (Wildman–Crippen LogP) is 2.76. The van der Waals surface area contributed by atoms with E-state index in [1.165, 1.54) is 21.1 Å². The molecule has 0 saturated carbocycles. The zero-order valence-electron chi connectivity index (χ0n) is 11.0. The first kappa shape index (κ1) is 15.5. The number of Topliss-reactive ketones (excluding diaryl/α,β-unsaturated/α-hetero) is 1. The molecule has 3 nitrogen and oxygen atoms in total. The number of likely N-dealkylation sites (N-methyl/N-ethyl adjacent to an activating group) is 1. The molecule has 1 aromatic carbocycles. The van der Waals surface area contributed by atoms with Crippen LogP contribution < -0.4 is 4.74 Å². The summed E-state index contributed by atoms with van der Waals surface area (Å²) in [6.07, 6.45) is -4.32. The molecule has 1 rings (SSSR count). The molecule has 0 aromatic heterocycles. The van der Waals surface area contributed by atoms with E-state index in [1.54, 1.807) is 24.3 Å². The first-order valence-electron chi connectivity index (χ1n) is 5.70. The standard InChI is InChI=1S/C13H16F3NO2/c1-9(17(2)8-13(14,15)16)12(18)10-4-6-11(19-3)7-5-10/h4-7,9H,8H2,1-3H3. The van der Waals surface area contributed by atoms with Crippen LogP contribution in [0.15, 0.2) is 24.3 Å². The summed E-state index contributed by atoms with van der Waals surface area (Å²) >= 11 is 0. The van der Waals surface area contributed by atoms with E-state index in [0.717, 1.165) is 4.90 Å². The largest absolute Gasteiger partial charge is 0.497 e. The van der Waals surface area contributed by atoms with Gasteiger partial charge in [-0.15, -0.1) is 0 Å². The van der Waals surface area contributed by atoms with Gasteiger partial charge in [0.15, 0.2) is 5.78 Å². The molecule has 0 heterocycles. The van der Waals surface area contributed by atoms with Crippen molar-refractivity contribution in [2.45, 2.75) is 19.1 Å². The fraction of sp³-hybridized carbons (Fsp3) is 0.462. The van der Waals surface area contributed by atoms with E-state index in [4.69, 9.17) is 4.74 Å². The van der Waals surface area contributed by atoms with E-state index in [1.807, 2.05) is 0 Å². The molecule has 0 radical (unpaired) electrons. The van der Waals surface area contributed by atoms with Gasteiger partial charge in [-0.25, -0.2) is 0 Å². The van der Waals surface area contributed by atoms with Crippen molar-refractivity contribution in [1.82, 2.24) is 4.90 Å². The van der Waals surface area contributed by atoms with E-state index in [0.29, 0.717) is 11.3 Å². The minimum Gasteiger partial charge on any atom is -0.497 e. The molecule has 0 aliphatic heterocycles. The Morgan fingerprint density at radius 3 is 2.26 bits per heavy atom. The van der Waals surface area contributed by atoms with E-state index >= 15 is 0 Å². The van der Waals surface area contributed by atoms with Crippen molar-refractivity contribution in [2.24, 2.45) is 0 Å². The summed E-state index contributed by atoms with van der Waals surface area (Å²) in [4.78, 5) is 13.0. The summed E-state index contributed by atoms with van der Waals surface area (Å²) in [7, 11) is 2.77. The van der Waals surface area contributed by atoms with Crippen LogP contribution in [0, 0.1) is 0 Å². The Labute approximate surface area is 110 Å². The van der Waals surface area contributed by atoms with E-state index in [-0.39, 0.29) is 5.78 Å². The number of rotatable bonds is 5. The van der Waals surface area contributed by atoms with Crippen molar-refractivity contribution in [3.05, 3.63) is 29.8 Å². The van der Waals surface area contributed by atoms with Crippen LogP contribution in [0.1, 0.15) is 17.3 Å². The maximum absolute atomic E-state index is 12.3. The molecule has 0 N–H and O–H groups in total. The Bertz CT molecular complexity index is 429. The van der Waals surface area contributed by atoms with Gasteiger partial charge in [-0.2, -0.15) is 13.2 Å². The van der Waals surface area contributed by atoms with E-state index in [2.05, 4.69) is 0 Å². The molecule has 106 valence electrons. The normalized spacial score (nSPS) is 13.4. The van der Waals surface area contributed by atoms with Gasteiger partial charge < -0.3 is 4.74 Å². The van der Waals surface area contributed by atoms with Crippen LogP contribution in [0.2, 0.25) is 0 Å². The third kappa shape index (κ3) is 4.55. The highest BCUT2D eigenvalue weighted by molar-refractivity contribution is 5.99. The lowest BCUT2D eigenvalue weighted by atomic mass is 10.0. The second-order valence-corrected chi connectivity index (χ2v) is 4.30. The van der Waals surface area contributed by atoms with Crippen molar-refractivity contribution < 1.29 is 22.7 Å². The van der Waals surface area contributed by atoms with E-state index in [9.17, 15) is 18.0 Å². The summed E-state index contributed by atoms with van der Waals surface area (Å²) in [5.74, 6) is 0.238. The molecule has 0 aliphatic carbocycles. The van der Waals surface area contributed by atoms with Gasteiger partial charge in [0.1, 0.15) is 5.75 Å². The Morgan fingerprint density at radius 2 is 1.84 bits per heavy atom. The second-order valence-electron chi connectivity index (χ2n) is 4.30. The summed E-state index contributed by atoms with van der Waals surface area (Å²) in [5, 5.41) is 0. The number of hydrogen-bond donors (Lipinski definition) is 0. The van der Waals surface area contributed by atoms with Crippen molar-refractivity contribution in [2.75, 3.05) is 20.7 Å². The Balaban J connectivity index is 2.75. The highest BCUT2D eigenvalue weighted by Gasteiger charge is 2.32. The Hall–Kier alpha value is -1.56. The topological polar surface area (TPSA) is 29.5 Å². The first-order chi connectivity index (χ1) is 8.74. The molecular formula is C13H16F3NO2. The molecular weight excluding hydrogens is 259 g/mol. The lowest BCUT2D eigenvalue weighted by Gasteiger charge is -2.24. The molecule has 0 spiro atoms. The van der Waals surface area contributed by atoms with Crippen molar-refractivity contribution in [1.29, 1.82) is 0 Å². The fourth-order valence-corrected chi connectivity index (χ4v) is 1.62. The Morgan fingerprint density at radius 1 is 1.32 bits per heavy atom. The monoisotopic (exact) mass is 275 g/mol. The number of nitrogens with zero attached hydrogens (tertiary/aromatic N) is 1. The smallest absolute Gasteiger partial charge is 0.401 e. The van der Waals surface area contributed by atoms with Gasteiger partial charge in [0.05, 0.1) is 19.7 Å². The van der Waals surface area contributed by atoms with Gasteiger partial charge >= 0.3 is 6.18 Å². The lowest BCUT2D eigenvalue weighted by Crippen LogP contribution is -2.41. The minimum absolute atomic E-state index is 0.352. The molecule has 1 unspecified atom stereocenters. The molecule has 0 amide bonds. The third-order valence-electron chi connectivity index (χ3n) is 2.84. The second kappa shape index (κ2) is 6.06. The lowest BCUT2D eigenvalue weighted by molar-refractivity contribution is -0.145. The summed E-state index contributed by atoms with van der Waals surface area (Å²) in [6.45, 7) is 0.342. The number of ether oxygens (including phenoxy) is 1. The molecule has 1 aromatic rings. The number of methoxy groups -OCH3 is 1. The zero-order chi connectivity index (χ0) is 14.6. The van der Waals surface area contributed by atoms with Crippen molar-refractivity contribution >= 4 is 5.78 Å². The van der Waals surface area contributed by atoms with Crippen molar-refractivity contribution in [3.8, 4) is 5.75 Å². The number of carbonyl (C=O) groups is 1. The average molecular weight is 275 g/mol. The maximum atomic E-state index is 12.3. The number of carbonyl (C=O) groups excluding carboxylic acids is 1. The minimum atomic E-state index is -4.32. The van der Waals surface area contributed by atoms with E-state index < -0.39 is 18.8 Å². The summed E-state index contributed by atoms with van der Waals surface area (Å²) in [6, 6.07) is 5.45. The number of alkyl halides is 3. The third-order valence-corrected chi connectivity index (χ3v) is 2.84. The molecule has 0 aliphatic rings. The predicted molar refractivity (Wildman–Crippen MR) is 65.5 cm³/mol. The Kier molecular flexibility index (Phi) is 4.94. The molecule has 1 atom stereocenters. The molecule has 0 fully saturated rings. The van der Waals surface area contributed by atoms with Crippen LogP contribution in [0.3, 0.4) is 0 Å². The van der Waals surface area contributed by atoms with Crippen molar-refractivity contribution in [3.63, 3.8) is 0 Å². The van der Waals surface area contributed by atoms with Gasteiger partial charge in [0, 0.05) is 5.56 Å². The van der Waals surface area contributed by atoms with Gasteiger partial charge in [-0.1, -0.05) is 0 Å². The van der Waals surface area contributed by atoms with Crippen LogP contribution >= 0.6 is 0 Å². The molecule has 0 bridgehead atoms. The number of hydrogen-bond acceptors (Lipinski definition) is 3.